The molecular formula is C25H43NO3Si2. The van der Waals surface area contributed by atoms with E-state index in [2.05, 4.69) is 84.7 Å². The number of aryl methyl sites for hydroxylation is 1. The summed E-state index contributed by atoms with van der Waals surface area (Å²) >= 11 is 0. The molecule has 174 valence electrons. The Bertz CT molecular complexity index is 816. The normalized spacial score (nSPS) is 23.1. The van der Waals surface area contributed by atoms with Gasteiger partial charge >= 0.3 is 0 Å². The van der Waals surface area contributed by atoms with E-state index in [1.165, 1.54) is 0 Å². The van der Waals surface area contributed by atoms with Crippen LogP contribution in [0.15, 0.2) is 12.1 Å². The maximum Gasteiger partial charge on any atom is 0.192 e. The smallest absolute Gasteiger partial charge is 0.192 e. The van der Waals surface area contributed by atoms with Gasteiger partial charge in [-0.3, -0.25) is 0 Å². The van der Waals surface area contributed by atoms with Gasteiger partial charge in [0.25, 0.3) is 0 Å². The molecule has 0 N–H and O–H groups in total. The van der Waals surface area contributed by atoms with E-state index in [4.69, 9.17) is 20.0 Å². The van der Waals surface area contributed by atoms with Crippen molar-refractivity contribution in [2.45, 2.75) is 109 Å². The van der Waals surface area contributed by atoms with Crippen molar-refractivity contribution < 1.29 is 13.6 Å². The summed E-state index contributed by atoms with van der Waals surface area (Å²) in [6, 6.07) is 4.06. The molecule has 0 amide bonds. The molecule has 1 aromatic heterocycles. The number of rotatable bonds is 6. The van der Waals surface area contributed by atoms with Gasteiger partial charge in [0.1, 0.15) is 11.8 Å². The van der Waals surface area contributed by atoms with Crippen molar-refractivity contribution in [2.75, 3.05) is 6.61 Å². The van der Waals surface area contributed by atoms with Gasteiger partial charge in [-0.25, -0.2) is 4.98 Å². The SMILES string of the molecule is C#Cc1nc(C)ccc1[C@H]1C[C@H](O[Si](C)(C)C(C)(C)C)[C@@H](CO[Si](C)(C)C(C)(C)C)O1. The second kappa shape index (κ2) is 9.11. The van der Waals surface area contributed by atoms with Crippen molar-refractivity contribution in [1.82, 2.24) is 4.98 Å². The number of aromatic nitrogens is 1. The van der Waals surface area contributed by atoms with Gasteiger partial charge in [-0.1, -0.05) is 47.6 Å². The topological polar surface area (TPSA) is 40.6 Å². The molecule has 1 aromatic rings. The van der Waals surface area contributed by atoms with Crippen molar-refractivity contribution in [3.05, 3.63) is 29.1 Å². The lowest BCUT2D eigenvalue weighted by Gasteiger charge is -2.40. The largest absolute Gasteiger partial charge is 0.414 e. The standard InChI is InChI=1S/C25H43NO3Si2/c1-13-20-19(15-14-18(2)26-20)21-16-22(29-31(11,12)25(6,7)8)23(28-21)17-27-30(9,10)24(3,4)5/h1,14-15,21-23H,16-17H2,2-12H3/t21-,22+,23-/m1/s1. The molecule has 2 heterocycles. The molecule has 0 aromatic carbocycles. The van der Waals surface area contributed by atoms with Crippen molar-refractivity contribution >= 4 is 16.6 Å². The van der Waals surface area contributed by atoms with Crippen LogP contribution in [-0.2, 0) is 13.6 Å². The Hall–Kier alpha value is -0.976. The molecular weight excluding hydrogens is 418 g/mol. The predicted octanol–water partition coefficient (Wildman–Crippen LogP) is 6.61. The molecule has 1 aliphatic heterocycles. The number of pyridine rings is 1. The van der Waals surface area contributed by atoms with E-state index in [9.17, 15) is 0 Å². The molecule has 0 bridgehead atoms. The molecule has 2 rings (SSSR count). The van der Waals surface area contributed by atoms with Gasteiger partial charge in [-0.05, 0) is 55.2 Å². The Balaban J connectivity index is 2.30. The monoisotopic (exact) mass is 461 g/mol. The van der Waals surface area contributed by atoms with Gasteiger partial charge in [0.2, 0.25) is 0 Å². The molecule has 1 saturated heterocycles. The van der Waals surface area contributed by atoms with Gasteiger partial charge in [0, 0.05) is 17.7 Å². The third kappa shape index (κ3) is 6.08. The van der Waals surface area contributed by atoms with Crippen LogP contribution < -0.4 is 0 Å². The molecule has 1 aliphatic rings. The lowest BCUT2D eigenvalue weighted by molar-refractivity contribution is -0.0166. The number of hydrogen-bond donors (Lipinski definition) is 0. The lowest BCUT2D eigenvalue weighted by atomic mass is 10.0. The van der Waals surface area contributed by atoms with Crippen LogP contribution in [0.5, 0.6) is 0 Å². The first-order chi connectivity index (χ1) is 14.0. The van der Waals surface area contributed by atoms with Crippen LogP contribution in [0, 0.1) is 19.3 Å². The van der Waals surface area contributed by atoms with Crippen LogP contribution in [0.4, 0.5) is 0 Å². The number of nitrogens with zero attached hydrogens (tertiary/aromatic N) is 1. The molecule has 0 aliphatic carbocycles. The molecule has 3 atom stereocenters. The first kappa shape index (κ1) is 26.3. The fourth-order valence-electron chi connectivity index (χ4n) is 3.19. The highest BCUT2D eigenvalue weighted by Crippen LogP contribution is 2.43. The summed E-state index contributed by atoms with van der Waals surface area (Å²) in [5.74, 6) is 2.74. The Morgan fingerprint density at radius 2 is 1.65 bits per heavy atom. The minimum Gasteiger partial charge on any atom is -0.414 e. The van der Waals surface area contributed by atoms with Gasteiger partial charge in [0.15, 0.2) is 16.6 Å². The zero-order valence-corrected chi connectivity index (χ0v) is 23.6. The molecule has 6 heteroatoms. The van der Waals surface area contributed by atoms with Crippen LogP contribution in [-0.4, -0.2) is 40.4 Å². The fraction of sp³-hybridized carbons (Fsp3) is 0.720. The fourth-order valence-corrected chi connectivity index (χ4v) is 5.57. The summed E-state index contributed by atoms with van der Waals surface area (Å²) < 4.78 is 20.0. The molecule has 0 saturated carbocycles. The van der Waals surface area contributed by atoms with Gasteiger partial charge in [-0.2, -0.15) is 0 Å². The lowest BCUT2D eigenvalue weighted by Crippen LogP contribution is -2.48. The molecule has 4 nitrogen and oxygen atoms in total. The quantitative estimate of drug-likeness (QED) is 0.353. The zero-order valence-electron chi connectivity index (χ0n) is 21.6. The summed E-state index contributed by atoms with van der Waals surface area (Å²) in [6.45, 7) is 25.3. The minimum absolute atomic E-state index is 0.0115. The summed E-state index contributed by atoms with van der Waals surface area (Å²) in [6.07, 6.45) is 6.30. The number of hydrogen-bond acceptors (Lipinski definition) is 4. The van der Waals surface area contributed by atoms with E-state index in [1.54, 1.807) is 0 Å². The van der Waals surface area contributed by atoms with Crippen LogP contribution in [0.1, 0.15) is 71.0 Å². The van der Waals surface area contributed by atoms with Crippen molar-refractivity contribution in [3.8, 4) is 12.3 Å². The van der Waals surface area contributed by atoms with Gasteiger partial charge < -0.3 is 13.6 Å². The van der Waals surface area contributed by atoms with E-state index in [0.717, 1.165) is 17.7 Å². The van der Waals surface area contributed by atoms with Crippen LogP contribution in [0.3, 0.4) is 0 Å². The molecule has 0 unspecified atom stereocenters. The number of terminal acetylenes is 1. The highest BCUT2D eigenvalue weighted by molar-refractivity contribution is 6.74. The maximum absolute atomic E-state index is 6.85. The molecule has 0 radical (unpaired) electrons. The number of ether oxygens (including phenoxy) is 1. The maximum atomic E-state index is 6.85. The summed E-state index contributed by atoms with van der Waals surface area (Å²) in [4.78, 5) is 4.55. The summed E-state index contributed by atoms with van der Waals surface area (Å²) in [7, 11) is -3.86. The van der Waals surface area contributed by atoms with Crippen molar-refractivity contribution in [3.63, 3.8) is 0 Å². The van der Waals surface area contributed by atoms with Crippen LogP contribution >= 0.6 is 0 Å². The summed E-state index contributed by atoms with van der Waals surface area (Å²) in [5, 5.41) is 0.281. The van der Waals surface area contributed by atoms with Gasteiger partial charge in [-0.15, -0.1) is 6.42 Å². The molecule has 1 fully saturated rings. The second-order valence-corrected chi connectivity index (χ2v) is 21.5. The highest BCUT2D eigenvalue weighted by atomic mass is 28.4. The van der Waals surface area contributed by atoms with Crippen LogP contribution in [0.25, 0.3) is 0 Å². The minimum atomic E-state index is -1.96. The van der Waals surface area contributed by atoms with E-state index in [-0.39, 0.29) is 28.4 Å². The second-order valence-electron chi connectivity index (χ2n) is 11.9. The molecule has 31 heavy (non-hydrogen) atoms. The predicted molar refractivity (Wildman–Crippen MR) is 134 cm³/mol. The Morgan fingerprint density at radius 1 is 1.06 bits per heavy atom. The Labute approximate surface area is 192 Å². The van der Waals surface area contributed by atoms with E-state index in [0.29, 0.717) is 12.3 Å². The Morgan fingerprint density at radius 3 is 2.16 bits per heavy atom. The molecule has 0 spiro atoms. The van der Waals surface area contributed by atoms with Crippen molar-refractivity contribution in [1.29, 1.82) is 0 Å². The summed E-state index contributed by atoms with van der Waals surface area (Å²) in [5.41, 5.74) is 2.57. The van der Waals surface area contributed by atoms with E-state index in [1.807, 2.05) is 13.0 Å². The average Bonchev–Trinajstić information content (AvgIpc) is 2.99. The zero-order chi connectivity index (χ0) is 23.8. The van der Waals surface area contributed by atoms with Crippen LogP contribution in [0.2, 0.25) is 36.3 Å². The third-order valence-corrected chi connectivity index (χ3v) is 16.4. The first-order valence-electron chi connectivity index (χ1n) is 11.4. The van der Waals surface area contributed by atoms with Crippen molar-refractivity contribution in [2.24, 2.45) is 0 Å². The Kier molecular flexibility index (Phi) is 7.72. The average molecular weight is 462 g/mol. The first-order valence-corrected chi connectivity index (χ1v) is 17.2. The van der Waals surface area contributed by atoms with E-state index < -0.39 is 16.6 Å². The third-order valence-electron chi connectivity index (χ3n) is 7.42. The highest BCUT2D eigenvalue weighted by Gasteiger charge is 2.46. The van der Waals surface area contributed by atoms with Gasteiger partial charge in [0.05, 0.1) is 18.8 Å². The van der Waals surface area contributed by atoms with E-state index >= 15 is 0 Å².